The molecule has 2 unspecified atom stereocenters. The van der Waals surface area contributed by atoms with Gasteiger partial charge in [0, 0.05) is 7.05 Å². The second kappa shape index (κ2) is 5.67. The van der Waals surface area contributed by atoms with E-state index in [-0.39, 0.29) is 0 Å². The van der Waals surface area contributed by atoms with Crippen molar-refractivity contribution in [3.63, 3.8) is 0 Å². The van der Waals surface area contributed by atoms with Crippen molar-refractivity contribution in [2.75, 3.05) is 11.8 Å². The maximum atomic E-state index is 12.6. The van der Waals surface area contributed by atoms with Crippen molar-refractivity contribution in [1.29, 1.82) is 0 Å². The van der Waals surface area contributed by atoms with E-state index < -0.39 is 27.2 Å². The average molecular weight is 315 g/mol. The lowest BCUT2D eigenvalue weighted by atomic mass is 10.1. The molecule has 0 aliphatic heterocycles. The molecule has 0 bridgehead atoms. The van der Waals surface area contributed by atoms with E-state index in [2.05, 4.69) is 9.82 Å². The van der Waals surface area contributed by atoms with Crippen LogP contribution in [-0.2, 0) is 26.6 Å². The Morgan fingerprint density at radius 2 is 2.05 bits per heavy atom. The van der Waals surface area contributed by atoms with Gasteiger partial charge in [-0.1, -0.05) is 6.42 Å². The summed E-state index contributed by atoms with van der Waals surface area (Å²) in [4.78, 5) is 11.7. The molecular weight excluding hydrogens is 294 g/mol. The summed E-state index contributed by atoms with van der Waals surface area (Å²) in [5, 5.41) is 3.44. The SMILES string of the molecule is COC(=O)C1CCCC1S(=O)(=O)Nc1c(C)nn(C)c1C. The highest BCUT2D eigenvalue weighted by atomic mass is 32.2. The highest BCUT2D eigenvalue weighted by molar-refractivity contribution is 7.93. The Morgan fingerprint density at radius 1 is 1.38 bits per heavy atom. The van der Waals surface area contributed by atoms with E-state index in [0.717, 1.165) is 5.69 Å². The number of aromatic nitrogens is 2. The summed E-state index contributed by atoms with van der Waals surface area (Å²) in [6.45, 7) is 3.54. The first-order chi connectivity index (χ1) is 9.77. The molecule has 1 aliphatic carbocycles. The lowest BCUT2D eigenvalue weighted by molar-refractivity contribution is -0.145. The molecule has 0 radical (unpaired) electrons. The van der Waals surface area contributed by atoms with Crippen molar-refractivity contribution in [2.45, 2.75) is 38.4 Å². The molecule has 1 heterocycles. The maximum absolute atomic E-state index is 12.6. The Balaban J connectivity index is 2.28. The zero-order valence-corrected chi connectivity index (χ0v) is 13.5. The van der Waals surface area contributed by atoms with Crippen LogP contribution >= 0.6 is 0 Å². The van der Waals surface area contributed by atoms with Gasteiger partial charge in [0.25, 0.3) is 0 Å². The fraction of sp³-hybridized carbons (Fsp3) is 0.692. The molecular formula is C13H21N3O4S. The normalized spacial score (nSPS) is 22.3. The number of rotatable bonds is 4. The van der Waals surface area contributed by atoms with Crippen molar-refractivity contribution < 1.29 is 17.9 Å². The molecule has 0 amide bonds. The molecule has 1 aromatic heterocycles. The van der Waals surface area contributed by atoms with Crippen molar-refractivity contribution in [2.24, 2.45) is 13.0 Å². The van der Waals surface area contributed by atoms with Gasteiger partial charge in [-0.25, -0.2) is 8.42 Å². The standard InChI is InChI=1S/C13H21N3O4S/c1-8-12(9(2)16(3)14-8)15-21(18,19)11-7-5-6-10(11)13(17)20-4/h10-11,15H,5-7H2,1-4H3. The van der Waals surface area contributed by atoms with E-state index in [1.165, 1.54) is 7.11 Å². The predicted octanol–water partition coefficient (Wildman–Crippen LogP) is 1.12. The topological polar surface area (TPSA) is 90.3 Å². The molecule has 1 aliphatic rings. The average Bonchev–Trinajstić information content (AvgIpc) is 3.00. The van der Waals surface area contributed by atoms with E-state index in [1.54, 1.807) is 25.6 Å². The van der Waals surface area contributed by atoms with Gasteiger partial charge in [0.1, 0.15) is 0 Å². The van der Waals surface area contributed by atoms with Crippen LogP contribution in [0.3, 0.4) is 0 Å². The summed E-state index contributed by atoms with van der Waals surface area (Å²) < 4.78 is 34.1. The number of carbonyl (C=O) groups excluding carboxylic acids is 1. The minimum atomic E-state index is -3.65. The summed E-state index contributed by atoms with van der Waals surface area (Å²) >= 11 is 0. The monoisotopic (exact) mass is 315 g/mol. The first-order valence-corrected chi connectivity index (χ1v) is 8.42. The molecule has 8 heteroatoms. The van der Waals surface area contributed by atoms with Crippen LogP contribution in [0.4, 0.5) is 5.69 Å². The van der Waals surface area contributed by atoms with Crippen LogP contribution in [0.15, 0.2) is 0 Å². The van der Waals surface area contributed by atoms with Crippen molar-refractivity contribution in [3.8, 4) is 0 Å². The summed E-state index contributed by atoms with van der Waals surface area (Å²) in [5.41, 5.74) is 1.85. The van der Waals surface area contributed by atoms with Crippen LogP contribution in [0.2, 0.25) is 0 Å². The van der Waals surface area contributed by atoms with Crippen LogP contribution in [0.5, 0.6) is 0 Å². The molecule has 0 aromatic carbocycles. The van der Waals surface area contributed by atoms with Crippen molar-refractivity contribution in [3.05, 3.63) is 11.4 Å². The number of hydrogen-bond acceptors (Lipinski definition) is 5. The molecule has 1 N–H and O–H groups in total. The molecule has 2 atom stereocenters. The number of ether oxygens (including phenoxy) is 1. The third-order valence-electron chi connectivity index (χ3n) is 4.11. The number of sulfonamides is 1. The van der Waals surface area contributed by atoms with E-state index >= 15 is 0 Å². The molecule has 1 aromatic rings. The smallest absolute Gasteiger partial charge is 0.310 e. The second-order valence-corrected chi connectivity index (χ2v) is 7.32. The zero-order chi connectivity index (χ0) is 15.8. The lowest BCUT2D eigenvalue weighted by Crippen LogP contribution is -2.35. The summed E-state index contributed by atoms with van der Waals surface area (Å²) in [5.74, 6) is -1.05. The minimum absolute atomic E-state index is 0.456. The number of esters is 1. The quantitative estimate of drug-likeness (QED) is 0.841. The zero-order valence-electron chi connectivity index (χ0n) is 12.7. The van der Waals surface area contributed by atoms with Gasteiger partial charge in [0.05, 0.1) is 35.4 Å². The second-order valence-electron chi connectivity index (χ2n) is 5.42. The van der Waals surface area contributed by atoms with Crippen LogP contribution < -0.4 is 4.72 Å². The third kappa shape index (κ3) is 2.90. The number of nitrogens with one attached hydrogen (secondary N) is 1. The summed E-state index contributed by atoms with van der Waals surface area (Å²) in [7, 11) is -0.611. The largest absolute Gasteiger partial charge is 0.469 e. The molecule has 0 spiro atoms. The van der Waals surface area contributed by atoms with Gasteiger partial charge in [-0.2, -0.15) is 5.10 Å². The van der Waals surface area contributed by atoms with Gasteiger partial charge in [-0.3, -0.25) is 14.2 Å². The highest BCUT2D eigenvalue weighted by Gasteiger charge is 2.42. The van der Waals surface area contributed by atoms with Crippen LogP contribution in [0.25, 0.3) is 0 Å². The van der Waals surface area contributed by atoms with Crippen molar-refractivity contribution in [1.82, 2.24) is 9.78 Å². The highest BCUT2D eigenvalue weighted by Crippen LogP contribution is 2.33. The van der Waals surface area contributed by atoms with E-state index in [0.29, 0.717) is 30.6 Å². The number of carbonyl (C=O) groups is 1. The Hall–Kier alpha value is -1.57. The predicted molar refractivity (Wildman–Crippen MR) is 78.4 cm³/mol. The first kappa shape index (κ1) is 15.8. The van der Waals surface area contributed by atoms with Crippen LogP contribution in [-0.4, -0.2) is 36.5 Å². The van der Waals surface area contributed by atoms with Crippen molar-refractivity contribution >= 4 is 21.7 Å². The summed E-state index contributed by atoms with van der Waals surface area (Å²) in [6, 6.07) is 0. The number of hydrogen-bond donors (Lipinski definition) is 1. The Bertz CT molecular complexity index is 651. The lowest BCUT2D eigenvalue weighted by Gasteiger charge is -2.19. The minimum Gasteiger partial charge on any atom is -0.469 e. The van der Waals surface area contributed by atoms with E-state index in [1.807, 2.05) is 0 Å². The molecule has 21 heavy (non-hydrogen) atoms. The van der Waals surface area contributed by atoms with Gasteiger partial charge >= 0.3 is 5.97 Å². The number of methoxy groups -OCH3 is 1. The number of anilines is 1. The Morgan fingerprint density at radius 3 is 2.57 bits per heavy atom. The number of aryl methyl sites for hydroxylation is 2. The van der Waals surface area contributed by atoms with Gasteiger partial charge < -0.3 is 4.74 Å². The molecule has 0 saturated heterocycles. The van der Waals surface area contributed by atoms with Gasteiger partial charge in [-0.15, -0.1) is 0 Å². The van der Waals surface area contributed by atoms with Gasteiger partial charge in [0.15, 0.2) is 0 Å². The molecule has 7 nitrogen and oxygen atoms in total. The third-order valence-corrected chi connectivity index (χ3v) is 5.96. The van der Waals surface area contributed by atoms with Gasteiger partial charge in [-0.05, 0) is 26.7 Å². The number of nitrogens with zero attached hydrogens (tertiary/aromatic N) is 2. The van der Waals surface area contributed by atoms with E-state index in [9.17, 15) is 13.2 Å². The molecule has 2 rings (SSSR count). The summed E-state index contributed by atoms with van der Waals surface area (Å²) in [6.07, 6.45) is 1.72. The Labute approximate surface area is 124 Å². The van der Waals surface area contributed by atoms with E-state index in [4.69, 9.17) is 4.74 Å². The maximum Gasteiger partial charge on any atom is 0.310 e. The van der Waals surface area contributed by atoms with Gasteiger partial charge in [0.2, 0.25) is 10.0 Å². The Kier molecular flexibility index (Phi) is 4.27. The van der Waals surface area contributed by atoms with Crippen LogP contribution in [0.1, 0.15) is 30.7 Å². The molecule has 1 fully saturated rings. The fourth-order valence-corrected chi connectivity index (χ4v) is 4.75. The fourth-order valence-electron chi connectivity index (χ4n) is 2.86. The molecule has 1 saturated carbocycles. The first-order valence-electron chi connectivity index (χ1n) is 6.87. The van der Waals surface area contributed by atoms with Crippen LogP contribution in [0, 0.1) is 19.8 Å². The molecule has 118 valence electrons.